The number of rotatable bonds is 5. The van der Waals surface area contributed by atoms with Crippen molar-refractivity contribution < 1.29 is 9.90 Å². The third-order valence-electron chi connectivity index (χ3n) is 5.91. The van der Waals surface area contributed by atoms with Gasteiger partial charge in [-0.25, -0.2) is 0 Å². The molecule has 0 radical (unpaired) electrons. The molecule has 1 aromatic carbocycles. The van der Waals surface area contributed by atoms with Crippen LogP contribution < -0.4 is 0 Å². The maximum absolute atomic E-state index is 12.7. The summed E-state index contributed by atoms with van der Waals surface area (Å²) < 4.78 is 0. The number of β-amino-alcohol motifs (C(OH)–C–C–N with tert-alkyl or cyclic N) is 1. The monoisotopic (exact) mass is 378 g/mol. The molecule has 0 bridgehead atoms. The van der Waals surface area contributed by atoms with Gasteiger partial charge in [0.1, 0.15) is 0 Å². The summed E-state index contributed by atoms with van der Waals surface area (Å²) in [4.78, 5) is 18.9. The Morgan fingerprint density at radius 3 is 2.86 bits per heavy atom. The fourth-order valence-corrected chi connectivity index (χ4v) is 4.04. The lowest BCUT2D eigenvalue weighted by Crippen LogP contribution is -2.29. The highest BCUT2D eigenvalue weighted by Gasteiger charge is 2.34. The number of benzene rings is 1. The maximum Gasteiger partial charge on any atom is 0.223 e. The van der Waals surface area contributed by atoms with Crippen molar-refractivity contribution >= 4 is 16.8 Å². The average Bonchev–Trinajstić information content (AvgIpc) is 3.23. The Hall–Kier alpha value is -2.73. The van der Waals surface area contributed by atoms with E-state index in [1.165, 1.54) is 5.56 Å². The number of nitrogens with zero attached hydrogens (tertiary/aromatic N) is 3. The number of nitrogens with one attached hydrogen (secondary N) is 1. The number of carbonyl (C=O) groups excluding carboxylic acids is 1. The molecule has 6 nitrogen and oxygen atoms in total. The molecule has 1 fully saturated rings. The molecule has 0 unspecified atom stereocenters. The normalized spacial score (nSPS) is 19.5. The summed E-state index contributed by atoms with van der Waals surface area (Å²) in [5, 5.41) is 18.9. The number of aromatic nitrogens is 3. The second kappa shape index (κ2) is 7.72. The quantitative estimate of drug-likeness (QED) is 0.715. The SMILES string of the molecule is Cc1[nH]nc(CCC(=O)N2C[C@@H](Cc3ccnc4ccccc34)[C@H](O)C2)c1C. The van der Waals surface area contributed by atoms with Gasteiger partial charge in [0.15, 0.2) is 0 Å². The summed E-state index contributed by atoms with van der Waals surface area (Å²) >= 11 is 0. The van der Waals surface area contributed by atoms with Crippen LogP contribution >= 0.6 is 0 Å². The third-order valence-corrected chi connectivity index (χ3v) is 5.91. The lowest BCUT2D eigenvalue weighted by molar-refractivity contribution is -0.130. The van der Waals surface area contributed by atoms with Crippen LogP contribution in [0.4, 0.5) is 0 Å². The Bertz CT molecular complexity index is 992. The molecule has 146 valence electrons. The maximum atomic E-state index is 12.7. The molecule has 3 heterocycles. The van der Waals surface area contributed by atoms with Crippen molar-refractivity contribution in [2.24, 2.45) is 5.92 Å². The molecular weight excluding hydrogens is 352 g/mol. The number of pyridine rings is 1. The van der Waals surface area contributed by atoms with Crippen LogP contribution in [0.15, 0.2) is 36.5 Å². The number of hydrogen-bond donors (Lipinski definition) is 2. The van der Waals surface area contributed by atoms with Gasteiger partial charge in [0.05, 0.1) is 17.3 Å². The van der Waals surface area contributed by atoms with Crippen molar-refractivity contribution in [1.29, 1.82) is 0 Å². The van der Waals surface area contributed by atoms with E-state index in [1.54, 1.807) is 4.90 Å². The number of hydrogen-bond acceptors (Lipinski definition) is 4. The van der Waals surface area contributed by atoms with Gasteiger partial charge in [0, 0.05) is 49.1 Å². The molecule has 2 atom stereocenters. The standard InChI is InChI=1S/C22H26N4O2/c1-14-15(2)24-25-19(14)7-8-22(28)26-12-17(21(27)13-26)11-16-9-10-23-20-6-4-3-5-18(16)20/h3-6,9-10,17,21,27H,7-8,11-13H2,1-2H3,(H,24,25)/t17-,21-/m1/s1. The Balaban J connectivity index is 1.40. The molecule has 6 heteroatoms. The topological polar surface area (TPSA) is 82.1 Å². The number of aliphatic hydroxyl groups is 1. The predicted molar refractivity (Wildman–Crippen MR) is 108 cm³/mol. The van der Waals surface area contributed by atoms with Crippen LogP contribution in [0.5, 0.6) is 0 Å². The molecule has 2 N–H and O–H groups in total. The first-order valence-electron chi connectivity index (χ1n) is 9.82. The van der Waals surface area contributed by atoms with Gasteiger partial charge in [0.2, 0.25) is 5.91 Å². The summed E-state index contributed by atoms with van der Waals surface area (Å²) in [5.41, 5.74) is 5.25. The summed E-state index contributed by atoms with van der Waals surface area (Å²) in [6, 6.07) is 10.1. The number of likely N-dealkylation sites (tertiary alicyclic amines) is 1. The van der Waals surface area contributed by atoms with E-state index in [0.29, 0.717) is 25.9 Å². The highest BCUT2D eigenvalue weighted by Crippen LogP contribution is 2.26. The van der Waals surface area contributed by atoms with Crippen LogP contribution in [-0.2, 0) is 17.6 Å². The zero-order valence-electron chi connectivity index (χ0n) is 16.4. The zero-order valence-corrected chi connectivity index (χ0v) is 16.4. The second-order valence-electron chi connectivity index (χ2n) is 7.74. The first kappa shape index (κ1) is 18.6. The van der Waals surface area contributed by atoms with Crippen LogP contribution in [0.3, 0.4) is 0 Å². The highest BCUT2D eigenvalue weighted by molar-refractivity contribution is 5.82. The van der Waals surface area contributed by atoms with Crippen LogP contribution in [0.25, 0.3) is 10.9 Å². The van der Waals surface area contributed by atoms with Crippen molar-refractivity contribution in [2.45, 2.75) is 39.2 Å². The Labute approximate surface area is 164 Å². The number of aromatic amines is 1. The number of carbonyl (C=O) groups is 1. The molecule has 1 aliphatic rings. The van der Waals surface area contributed by atoms with Crippen LogP contribution in [-0.4, -0.2) is 50.3 Å². The van der Waals surface area contributed by atoms with Gasteiger partial charge in [-0.1, -0.05) is 18.2 Å². The van der Waals surface area contributed by atoms with Crippen LogP contribution in [0.1, 0.15) is 28.9 Å². The highest BCUT2D eigenvalue weighted by atomic mass is 16.3. The fourth-order valence-electron chi connectivity index (χ4n) is 4.04. The number of aliphatic hydroxyl groups excluding tert-OH is 1. The van der Waals surface area contributed by atoms with Gasteiger partial charge >= 0.3 is 0 Å². The van der Waals surface area contributed by atoms with Crippen molar-refractivity contribution in [2.75, 3.05) is 13.1 Å². The Morgan fingerprint density at radius 1 is 1.25 bits per heavy atom. The first-order valence-corrected chi connectivity index (χ1v) is 9.82. The number of amides is 1. The average molecular weight is 378 g/mol. The summed E-state index contributed by atoms with van der Waals surface area (Å²) in [6.45, 7) is 5.01. The van der Waals surface area contributed by atoms with Crippen molar-refractivity contribution in [3.8, 4) is 0 Å². The summed E-state index contributed by atoms with van der Waals surface area (Å²) in [6.07, 6.45) is 3.11. The van der Waals surface area contributed by atoms with Gasteiger partial charge in [-0.15, -0.1) is 0 Å². The van der Waals surface area contributed by atoms with Gasteiger partial charge < -0.3 is 10.0 Å². The fraction of sp³-hybridized carbons (Fsp3) is 0.409. The van der Waals surface area contributed by atoms with E-state index in [1.807, 2.05) is 44.3 Å². The molecule has 0 spiro atoms. The van der Waals surface area contributed by atoms with Crippen molar-refractivity contribution in [3.63, 3.8) is 0 Å². The molecular formula is C22H26N4O2. The Kier molecular flexibility index (Phi) is 5.13. The minimum atomic E-state index is -0.495. The molecule has 0 aliphatic carbocycles. The minimum Gasteiger partial charge on any atom is -0.391 e. The van der Waals surface area contributed by atoms with Gasteiger partial charge in [0.25, 0.3) is 0 Å². The molecule has 4 rings (SSSR count). The molecule has 1 saturated heterocycles. The van der Waals surface area contributed by atoms with E-state index in [9.17, 15) is 9.90 Å². The zero-order chi connectivity index (χ0) is 19.7. The van der Waals surface area contributed by atoms with Crippen molar-refractivity contribution in [1.82, 2.24) is 20.1 Å². The van der Waals surface area contributed by atoms with Crippen molar-refractivity contribution in [3.05, 3.63) is 59.0 Å². The Morgan fingerprint density at radius 2 is 2.07 bits per heavy atom. The van der Waals surface area contributed by atoms with Gasteiger partial charge in [-0.3, -0.25) is 14.9 Å². The molecule has 1 amide bonds. The lowest BCUT2D eigenvalue weighted by Gasteiger charge is -2.16. The van der Waals surface area contributed by atoms with E-state index >= 15 is 0 Å². The molecule has 0 saturated carbocycles. The number of H-pyrrole nitrogens is 1. The smallest absolute Gasteiger partial charge is 0.223 e. The predicted octanol–water partition coefficient (Wildman–Crippen LogP) is 2.57. The summed E-state index contributed by atoms with van der Waals surface area (Å²) in [5.74, 6) is 0.130. The summed E-state index contributed by atoms with van der Waals surface area (Å²) in [7, 11) is 0. The van der Waals surface area contributed by atoms with Gasteiger partial charge in [-0.05, 0) is 43.5 Å². The number of para-hydroxylation sites is 1. The van der Waals surface area contributed by atoms with Crippen LogP contribution in [0, 0.1) is 19.8 Å². The van der Waals surface area contributed by atoms with Gasteiger partial charge in [-0.2, -0.15) is 5.10 Å². The second-order valence-corrected chi connectivity index (χ2v) is 7.74. The van der Waals surface area contributed by atoms with E-state index in [0.717, 1.165) is 34.3 Å². The molecule has 2 aromatic heterocycles. The lowest BCUT2D eigenvalue weighted by atomic mass is 9.94. The van der Waals surface area contributed by atoms with Crippen LogP contribution in [0.2, 0.25) is 0 Å². The largest absolute Gasteiger partial charge is 0.391 e. The first-order chi connectivity index (χ1) is 13.5. The number of fused-ring (bicyclic) bond motifs is 1. The van der Waals surface area contributed by atoms with E-state index in [2.05, 4.69) is 21.2 Å². The number of aryl methyl sites for hydroxylation is 2. The van der Waals surface area contributed by atoms with E-state index < -0.39 is 6.10 Å². The molecule has 28 heavy (non-hydrogen) atoms. The third kappa shape index (κ3) is 3.64. The minimum absolute atomic E-state index is 0.0455. The molecule has 1 aliphatic heterocycles. The molecule has 3 aromatic rings. The van der Waals surface area contributed by atoms with E-state index in [-0.39, 0.29) is 11.8 Å². The van der Waals surface area contributed by atoms with E-state index in [4.69, 9.17) is 0 Å².